The molecule has 0 N–H and O–H groups in total. The average Bonchev–Trinajstić information content (AvgIpc) is 2.75. The highest BCUT2D eigenvalue weighted by atomic mass is 32.2. The van der Waals surface area contributed by atoms with Crippen LogP contribution in [0.2, 0.25) is 0 Å². The molecule has 0 aliphatic heterocycles. The lowest BCUT2D eigenvalue weighted by atomic mass is 10.2. The summed E-state index contributed by atoms with van der Waals surface area (Å²) in [6.07, 6.45) is 0. The van der Waals surface area contributed by atoms with Gasteiger partial charge < -0.3 is 0 Å². The lowest BCUT2D eigenvalue weighted by molar-refractivity contribution is 1.08. The first kappa shape index (κ1) is 11.1. The monoisotopic (exact) mass is 278 g/mol. The number of hydrogen-bond donors (Lipinski definition) is 0. The first-order valence-corrected chi connectivity index (χ1v) is 7.25. The molecule has 0 atom stereocenters. The lowest BCUT2D eigenvalue weighted by Crippen LogP contribution is -1.93. The summed E-state index contributed by atoms with van der Waals surface area (Å²) in [5, 5.41) is 1.09. The largest absolute Gasteiger partial charge is 0.275 e. The highest BCUT2D eigenvalue weighted by Gasteiger charge is 2.11. The molecule has 3 rings (SSSR count). The van der Waals surface area contributed by atoms with E-state index in [1.807, 2.05) is 6.92 Å². The minimum absolute atomic E-state index is 0.864. The molecule has 0 aliphatic rings. The Hall–Kier alpha value is -1.04. The van der Waals surface area contributed by atoms with Crippen LogP contribution in [0.3, 0.4) is 0 Å². The first-order chi connectivity index (χ1) is 8.15. The maximum absolute atomic E-state index is 5.41. The molecule has 86 valence electrons. The summed E-state index contributed by atoms with van der Waals surface area (Å²) in [5.74, 6) is 0. The molecule has 0 bridgehead atoms. The third-order valence-electron chi connectivity index (χ3n) is 2.55. The van der Waals surface area contributed by atoms with Crippen molar-refractivity contribution in [2.45, 2.75) is 13.8 Å². The molecule has 0 unspecified atom stereocenters. The molecule has 0 amide bonds. The number of fused-ring (bicyclic) bond motifs is 1. The van der Waals surface area contributed by atoms with Gasteiger partial charge in [-0.15, -0.1) is 11.3 Å². The van der Waals surface area contributed by atoms with E-state index < -0.39 is 0 Å². The fourth-order valence-electron chi connectivity index (χ4n) is 1.74. The number of hydrogen-bond acceptors (Lipinski definition) is 4. The molecule has 2 nitrogen and oxygen atoms in total. The van der Waals surface area contributed by atoms with Gasteiger partial charge in [-0.1, -0.05) is 29.0 Å². The van der Waals surface area contributed by atoms with Crippen molar-refractivity contribution in [3.8, 4) is 5.69 Å². The van der Waals surface area contributed by atoms with Crippen molar-refractivity contribution in [3.63, 3.8) is 0 Å². The van der Waals surface area contributed by atoms with Gasteiger partial charge in [-0.2, -0.15) is 0 Å². The van der Waals surface area contributed by atoms with E-state index in [1.165, 1.54) is 9.58 Å². The SMILES string of the molecule is Cc1ccc(-n2c(=S)sc3sc(C)nc32)cc1. The predicted molar refractivity (Wildman–Crippen MR) is 77.1 cm³/mol. The van der Waals surface area contributed by atoms with Crippen LogP contribution in [0.25, 0.3) is 15.3 Å². The van der Waals surface area contributed by atoms with Crippen molar-refractivity contribution in [1.29, 1.82) is 0 Å². The molecule has 5 heteroatoms. The Morgan fingerprint density at radius 3 is 2.53 bits per heavy atom. The minimum atomic E-state index is 0.864. The molecule has 2 heterocycles. The maximum atomic E-state index is 5.41. The zero-order chi connectivity index (χ0) is 12.0. The van der Waals surface area contributed by atoms with Gasteiger partial charge in [-0.05, 0) is 38.2 Å². The van der Waals surface area contributed by atoms with Gasteiger partial charge in [0.05, 0.1) is 5.01 Å². The Bertz CT molecular complexity index is 731. The molecular formula is C12H10N2S3. The van der Waals surface area contributed by atoms with E-state index in [4.69, 9.17) is 12.2 Å². The quantitative estimate of drug-likeness (QED) is 0.610. The van der Waals surface area contributed by atoms with E-state index in [1.54, 1.807) is 22.7 Å². The lowest BCUT2D eigenvalue weighted by Gasteiger charge is -2.03. The van der Waals surface area contributed by atoms with E-state index in [0.717, 1.165) is 20.3 Å². The topological polar surface area (TPSA) is 17.8 Å². The summed E-state index contributed by atoms with van der Waals surface area (Å²) >= 11 is 8.75. The van der Waals surface area contributed by atoms with Crippen molar-refractivity contribution in [1.82, 2.24) is 9.55 Å². The standard InChI is InChI=1S/C12H10N2S3/c1-7-3-5-9(6-4-7)14-10-11(17-12(14)15)16-8(2)13-10/h3-6H,1-2H3. The predicted octanol–water partition coefficient (Wildman–Crippen LogP) is 4.49. The Labute approximate surface area is 112 Å². The van der Waals surface area contributed by atoms with Gasteiger partial charge in [0, 0.05) is 5.69 Å². The third-order valence-corrected chi connectivity index (χ3v) is 4.97. The van der Waals surface area contributed by atoms with Crippen LogP contribution in [0.1, 0.15) is 10.6 Å². The zero-order valence-electron chi connectivity index (χ0n) is 9.43. The summed E-state index contributed by atoms with van der Waals surface area (Å²) in [7, 11) is 0. The van der Waals surface area contributed by atoms with Crippen LogP contribution in [0.4, 0.5) is 0 Å². The third kappa shape index (κ3) is 1.84. The highest BCUT2D eigenvalue weighted by molar-refractivity contribution is 7.74. The summed E-state index contributed by atoms with van der Waals surface area (Å²) in [6.45, 7) is 4.11. The Morgan fingerprint density at radius 1 is 1.12 bits per heavy atom. The summed E-state index contributed by atoms with van der Waals surface area (Å²) in [6, 6.07) is 8.37. The van der Waals surface area contributed by atoms with Crippen LogP contribution in [-0.4, -0.2) is 9.55 Å². The van der Waals surface area contributed by atoms with Crippen molar-refractivity contribution in [3.05, 3.63) is 38.8 Å². The molecule has 0 fully saturated rings. The normalized spacial score (nSPS) is 11.2. The Balaban J connectivity index is 2.31. The maximum Gasteiger partial charge on any atom is 0.168 e. The second-order valence-corrected chi connectivity index (χ2v) is 6.99. The van der Waals surface area contributed by atoms with Crippen molar-refractivity contribution in [2.75, 3.05) is 0 Å². The van der Waals surface area contributed by atoms with E-state index in [9.17, 15) is 0 Å². The van der Waals surface area contributed by atoms with Crippen LogP contribution in [-0.2, 0) is 0 Å². The van der Waals surface area contributed by atoms with Crippen molar-refractivity contribution < 1.29 is 0 Å². The Morgan fingerprint density at radius 2 is 1.82 bits per heavy atom. The molecular weight excluding hydrogens is 268 g/mol. The summed E-state index contributed by atoms with van der Waals surface area (Å²) < 4.78 is 4.12. The van der Waals surface area contributed by atoms with Gasteiger partial charge in [0.2, 0.25) is 0 Å². The number of benzene rings is 1. The summed E-state index contributed by atoms with van der Waals surface area (Å²) in [5.41, 5.74) is 3.34. The van der Waals surface area contributed by atoms with Crippen LogP contribution in [0.15, 0.2) is 24.3 Å². The number of thiazole rings is 2. The fraction of sp³-hybridized carbons (Fsp3) is 0.167. The fourth-order valence-corrected chi connectivity index (χ4v) is 4.40. The van der Waals surface area contributed by atoms with Crippen molar-refractivity contribution >= 4 is 44.6 Å². The molecule has 3 aromatic rings. The molecule has 1 aromatic carbocycles. The van der Waals surface area contributed by atoms with E-state index in [2.05, 4.69) is 40.7 Å². The van der Waals surface area contributed by atoms with Gasteiger partial charge in [0.25, 0.3) is 0 Å². The second-order valence-electron chi connectivity index (χ2n) is 3.88. The van der Waals surface area contributed by atoms with Gasteiger partial charge in [-0.25, -0.2) is 4.98 Å². The van der Waals surface area contributed by atoms with Gasteiger partial charge in [0.15, 0.2) is 9.60 Å². The number of rotatable bonds is 1. The number of aryl methyl sites for hydroxylation is 2. The highest BCUT2D eigenvalue weighted by Crippen LogP contribution is 2.30. The molecule has 0 saturated carbocycles. The van der Waals surface area contributed by atoms with E-state index >= 15 is 0 Å². The van der Waals surface area contributed by atoms with Gasteiger partial charge in [0.1, 0.15) is 4.01 Å². The Kier molecular flexibility index (Phi) is 2.61. The van der Waals surface area contributed by atoms with E-state index in [0.29, 0.717) is 0 Å². The molecule has 17 heavy (non-hydrogen) atoms. The summed E-state index contributed by atoms with van der Waals surface area (Å²) in [4.78, 5) is 4.56. The smallest absolute Gasteiger partial charge is 0.168 e. The zero-order valence-corrected chi connectivity index (χ0v) is 11.9. The molecule has 0 spiro atoms. The van der Waals surface area contributed by atoms with Crippen LogP contribution in [0, 0.1) is 17.8 Å². The van der Waals surface area contributed by atoms with Crippen LogP contribution < -0.4 is 0 Å². The number of aromatic nitrogens is 2. The van der Waals surface area contributed by atoms with Gasteiger partial charge >= 0.3 is 0 Å². The molecule has 0 saturated heterocycles. The molecule has 0 radical (unpaired) electrons. The van der Waals surface area contributed by atoms with Crippen LogP contribution in [0.5, 0.6) is 0 Å². The van der Waals surface area contributed by atoms with E-state index in [-0.39, 0.29) is 0 Å². The second kappa shape index (κ2) is 4.01. The first-order valence-electron chi connectivity index (χ1n) is 5.21. The number of nitrogens with zero attached hydrogens (tertiary/aromatic N) is 2. The van der Waals surface area contributed by atoms with Gasteiger partial charge in [-0.3, -0.25) is 4.57 Å². The molecule has 2 aromatic heterocycles. The van der Waals surface area contributed by atoms with Crippen LogP contribution >= 0.6 is 34.9 Å². The van der Waals surface area contributed by atoms with Crippen molar-refractivity contribution in [2.24, 2.45) is 0 Å². The average molecular weight is 278 g/mol. The minimum Gasteiger partial charge on any atom is -0.275 e. The molecule has 0 aliphatic carbocycles.